The van der Waals surface area contributed by atoms with Gasteiger partial charge in [0.05, 0.1) is 17.6 Å². The van der Waals surface area contributed by atoms with E-state index in [4.69, 9.17) is 9.47 Å². The molecule has 6 nitrogen and oxygen atoms in total. The predicted molar refractivity (Wildman–Crippen MR) is 78.8 cm³/mol. The van der Waals surface area contributed by atoms with Gasteiger partial charge in [0.15, 0.2) is 0 Å². The van der Waals surface area contributed by atoms with Gasteiger partial charge >= 0.3 is 0 Å². The summed E-state index contributed by atoms with van der Waals surface area (Å²) in [6.07, 6.45) is -0.349. The highest BCUT2D eigenvalue weighted by Gasteiger charge is 2.15. The molecule has 21 heavy (non-hydrogen) atoms. The number of benzene rings is 1. The average Bonchev–Trinajstić information content (AvgIpc) is 2.47. The number of ether oxygens (including phenoxy) is 2. The summed E-state index contributed by atoms with van der Waals surface area (Å²) >= 11 is 0. The summed E-state index contributed by atoms with van der Waals surface area (Å²) in [5, 5.41) is 20.7. The Hall–Kier alpha value is -1.76. The van der Waals surface area contributed by atoms with Crippen LogP contribution in [0.15, 0.2) is 36.4 Å². The van der Waals surface area contributed by atoms with Gasteiger partial charge in [-0.2, -0.15) is 0 Å². The lowest BCUT2D eigenvalue weighted by molar-refractivity contribution is -0.384. The summed E-state index contributed by atoms with van der Waals surface area (Å²) in [6, 6.07) is 5.88. The molecule has 0 unspecified atom stereocenters. The second-order valence-corrected chi connectivity index (χ2v) is 4.91. The van der Waals surface area contributed by atoms with Gasteiger partial charge in [-0.3, -0.25) is 10.1 Å². The number of nitro groups is 1. The van der Waals surface area contributed by atoms with Crippen molar-refractivity contribution in [1.82, 2.24) is 0 Å². The fourth-order valence-electron chi connectivity index (χ4n) is 1.81. The molecule has 6 heteroatoms. The van der Waals surface area contributed by atoms with Crippen molar-refractivity contribution in [3.05, 3.63) is 52.1 Å². The third kappa shape index (κ3) is 5.63. The number of methoxy groups -OCH3 is 1. The minimum absolute atomic E-state index is 0.00566. The Bertz CT molecular complexity index is 471. The lowest BCUT2D eigenvalue weighted by Gasteiger charge is -2.18. The van der Waals surface area contributed by atoms with Crippen LogP contribution in [-0.2, 0) is 9.47 Å². The van der Waals surface area contributed by atoms with Crippen molar-refractivity contribution < 1.29 is 19.5 Å². The van der Waals surface area contributed by atoms with Crippen LogP contribution in [0.2, 0.25) is 0 Å². The van der Waals surface area contributed by atoms with E-state index < -0.39 is 11.0 Å². The average molecular weight is 295 g/mol. The molecule has 0 spiro atoms. The first-order valence-corrected chi connectivity index (χ1v) is 6.62. The zero-order chi connectivity index (χ0) is 15.8. The van der Waals surface area contributed by atoms with E-state index in [0.717, 1.165) is 5.57 Å². The standard InChI is InChI=1S/C15H21NO5/c1-11(12(2)9-21-10-20-3)8-15(17)13-4-6-14(7-5-13)16(18)19/h4-7,12,15,17H,1,8-10H2,2-3H3/t12-,15+/m1/s1. The van der Waals surface area contributed by atoms with Crippen LogP contribution in [0.5, 0.6) is 0 Å². The fourth-order valence-corrected chi connectivity index (χ4v) is 1.81. The molecule has 1 aromatic rings. The molecule has 0 saturated heterocycles. The van der Waals surface area contributed by atoms with E-state index in [0.29, 0.717) is 18.6 Å². The lowest BCUT2D eigenvalue weighted by atomic mass is 9.94. The van der Waals surface area contributed by atoms with Crippen LogP contribution in [0.1, 0.15) is 25.0 Å². The number of nitrogens with zero attached hydrogens (tertiary/aromatic N) is 1. The second-order valence-electron chi connectivity index (χ2n) is 4.91. The molecule has 0 saturated carbocycles. The first-order chi connectivity index (χ1) is 9.95. The Morgan fingerprint density at radius 2 is 2.05 bits per heavy atom. The SMILES string of the molecule is C=C(C[C@H](O)c1ccc([N+](=O)[O-])cc1)[C@H](C)COCOC. The highest BCUT2D eigenvalue weighted by Crippen LogP contribution is 2.25. The lowest BCUT2D eigenvalue weighted by Crippen LogP contribution is -2.12. The van der Waals surface area contributed by atoms with E-state index in [1.807, 2.05) is 6.92 Å². The van der Waals surface area contributed by atoms with Crippen molar-refractivity contribution in [3.8, 4) is 0 Å². The number of hydrogen-bond donors (Lipinski definition) is 1. The summed E-state index contributed by atoms with van der Waals surface area (Å²) < 4.78 is 10.1. The van der Waals surface area contributed by atoms with Gasteiger partial charge in [-0.15, -0.1) is 0 Å². The fraction of sp³-hybridized carbons (Fsp3) is 0.467. The van der Waals surface area contributed by atoms with Gasteiger partial charge < -0.3 is 14.6 Å². The highest BCUT2D eigenvalue weighted by molar-refractivity contribution is 5.34. The van der Waals surface area contributed by atoms with Gasteiger partial charge in [-0.1, -0.05) is 19.1 Å². The Balaban J connectivity index is 2.53. The highest BCUT2D eigenvalue weighted by atomic mass is 16.7. The van der Waals surface area contributed by atoms with E-state index >= 15 is 0 Å². The normalized spacial score (nSPS) is 13.7. The maximum atomic E-state index is 10.6. The van der Waals surface area contributed by atoms with Crippen molar-refractivity contribution in [3.63, 3.8) is 0 Å². The predicted octanol–water partition coefficient (Wildman–Crippen LogP) is 2.83. The summed E-state index contributed by atoms with van der Waals surface area (Å²) in [6.45, 7) is 6.61. The number of non-ortho nitro benzene ring substituents is 1. The van der Waals surface area contributed by atoms with Crippen molar-refractivity contribution in [2.75, 3.05) is 20.5 Å². The summed E-state index contributed by atoms with van der Waals surface area (Å²) in [5.41, 5.74) is 1.50. The number of nitro benzene ring substituents is 1. The van der Waals surface area contributed by atoms with Gasteiger partial charge in [0.2, 0.25) is 0 Å². The van der Waals surface area contributed by atoms with E-state index in [1.165, 1.54) is 12.1 Å². The molecule has 0 aliphatic heterocycles. The van der Waals surface area contributed by atoms with Crippen LogP contribution < -0.4 is 0 Å². The Morgan fingerprint density at radius 1 is 1.43 bits per heavy atom. The molecule has 0 amide bonds. The number of hydrogen-bond acceptors (Lipinski definition) is 5. The van der Waals surface area contributed by atoms with Crippen LogP contribution in [0.25, 0.3) is 0 Å². The van der Waals surface area contributed by atoms with Gasteiger partial charge in [0, 0.05) is 25.2 Å². The van der Waals surface area contributed by atoms with Gasteiger partial charge in [0.25, 0.3) is 5.69 Å². The van der Waals surface area contributed by atoms with Crippen LogP contribution >= 0.6 is 0 Å². The van der Waals surface area contributed by atoms with Crippen molar-refractivity contribution in [1.29, 1.82) is 0 Å². The van der Waals surface area contributed by atoms with Crippen LogP contribution in [0.4, 0.5) is 5.69 Å². The summed E-state index contributed by atoms with van der Waals surface area (Å²) in [4.78, 5) is 10.1. The number of aliphatic hydroxyl groups excluding tert-OH is 1. The molecule has 0 bridgehead atoms. The molecule has 0 fully saturated rings. The zero-order valence-electron chi connectivity index (χ0n) is 12.3. The minimum atomic E-state index is -0.733. The molecular formula is C15H21NO5. The molecule has 1 aromatic carbocycles. The van der Waals surface area contributed by atoms with Crippen molar-refractivity contribution in [2.45, 2.75) is 19.4 Å². The van der Waals surface area contributed by atoms with Crippen molar-refractivity contribution in [2.24, 2.45) is 5.92 Å². The third-order valence-electron chi connectivity index (χ3n) is 3.21. The second kappa shape index (κ2) is 8.51. The number of aliphatic hydroxyl groups is 1. The van der Waals surface area contributed by atoms with Crippen LogP contribution in [0.3, 0.4) is 0 Å². The summed E-state index contributed by atoms with van der Waals surface area (Å²) in [5.74, 6) is 0.0906. The van der Waals surface area contributed by atoms with E-state index in [2.05, 4.69) is 6.58 Å². The van der Waals surface area contributed by atoms with E-state index in [9.17, 15) is 15.2 Å². The smallest absolute Gasteiger partial charge is 0.269 e. The molecule has 0 radical (unpaired) electrons. The summed E-state index contributed by atoms with van der Waals surface area (Å²) in [7, 11) is 1.55. The molecule has 0 aromatic heterocycles. The van der Waals surface area contributed by atoms with Crippen molar-refractivity contribution >= 4 is 5.69 Å². The van der Waals surface area contributed by atoms with E-state index in [1.54, 1.807) is 19.2 Å². The Morgan fingerprint density at radius 3 is 2.57 bits per heavy atom. The Labute approximate surface area is 124 Å². The monoisotopic (exact) mass is 295 g/mol. The van der Waals surface area contributed by atoms with Gasteiger partial charge in [0.1, 0.15) is 6.79 Å². The Kier molecular flexibility index (Phi) is 7.01. The molecule has 1 rings (SSSR count). The molecular weight excluding hydrogens is 274 g/mol. The zero-order valence-corrected chi connectivity index (χ0v) is 12.3. The maximum Gasteiger partial charge on any atom is 0.269 e. The molecule has 1 N–H and O–H groups in total. The molecule has 0 aliphatic rings. The van der Waals surface area contributed by atoms with Gasteiger partial charge in [-0.25, -0.2) is 0 Å². The van der Waals surface area contributed by atoms with Crippen LogP contribution in [0, 0.1) is 16.0 Å². The molecule has 0 heterocycles. The van der Waals surface area contributed by atoms with Gasteiger partial charge in [-0.05, 0) is 24.1 Å². The van der Waals surface area contributed by atoms with E-state index in [-0.39, 0.29) is 18.4 Å². The third-order valence-corrected chi connectivity index (χ3v) is 3.21. The first-order valence-electron chi connectivity index (χ1n) is 6.62. The maximum absolute atomic E-state index is 10.6. The first kappa shape index (κ1) is 17.3. The largest absolute Gasteiger partial charge is 0.388 e. The molecule has 116 valence electrons. The molecule has 0 aliphatic carbocycles. The quantitative estimate of drug-likeness (QED) is 0.249. The van der Waals surface area contributed by atoms with Crippen LogP contribution in [-0.4, -0.2) is 30.5 Å². The topological polar surface area (TPSA) is 81.8 Å². The minimum Gasteiger partial charge on any atom is -0.388 e. The number of rotatable bonds is 9. The molecule has 2 atom stereocenters.